The molecule has 2 amide bonds. The van der Waals surface area contributed by atoms with Crippen molar-refractivity contribution in [1.29, 1.82) is 0 Å². The number of hydrogen-bond donors (Lipinski definition) is 2. The maximum atomic E-state index is 12.8. The number of benzene rings is 2. The van der Waals surface area contributed by atoms with E-state index in [-0.39, 0.29) is 22.4 Å². The summed E-state index contributed by atoms with van der Waals surface area (Å²) in [7, 11) is 0. The van der Waals surface area contributed by atoms with E-state index < -0.39 is 36.4 Å². The van der Waals surface area contributed by atoms with Gasteiger partial charge in [0.05, 0.1) is 12.3 Å². The number of ether oxygens (including phenoxy) is 2. The zero-order chi connectivity index (χ0) is 26.6. The normalized spacial score (nSPS) is 11.3. The van der Waals surface area contributed by atoms with Crippen LogP contribution in [0.5, 0.6) is 0 Å². The molecular weight excluding hydrogens is 514 g/mol. The Kier molecular flexibility index (Phi) is 10.7. The van der Waals surface area contributed by atoms with Gasteiger partial charge in [-0.1, -0.05) is 59.9 Å². The summed E-state index contributed by atoms with van der Waals surface area (Å²) < 4.78 is 10.2. The Balaban J connectivity index is 1.58. The molecule has 2 N–H and O–H groups in total. The van der Waals surface area contributed by atoms with Crippen molar-refractivity contribution in [3.63, 3.8) is 0 Å². The van der Waals surface area contributed by atoms with E-state index >= 15 is 0 Å². The van der Waals surface area contributed by atoms with E-state index in [1.807, 2.05) is 30.3 Å². The van der Waals surface area contributed by atoms with Gasteiger partial charge in [-0.3, -0.25) is 14.9 Å². The Morgan fingerprint density at radius 1 is 1.00 bits per heavy atom. The summed E-state index contributed by atoms with van der Waals surface area (Å²) in [6.07, 6.45) is 0. The molecule has 9 nitrogen and oxygen atoms in total. The van der Waals surface area contributed by atoms with Crippen LogP contribution in [-0.2, 0) is 24.8 Å². The Bertz CT molecular complexity index is 1220. The number of amides is 2. The maximum absolute atomic E-state index is 12.8. The van der Waals surface area contributed by atoms with Crippen molar-refractivity contribution >= 4 is 52.0 Å². The second-order valence-electron chi connectivity index (χ2n) is 7.70. The summed E-state index contributed by atoms with van der Waals surface area (Å²) in [5, 5.41) is 5.41. The summed E-state index contributed by atoms with van der Waals surface area (Å²) in [5.41, 5.74) is 1.91. The van der Waals surface area contributed by atoms with Crippen LogP contribution in [0.15, 0.2) is 60.7 Å². The van der Waals surface area contributed by atoms with Gasteiger partial charge in [-0.25, -0.2) is 14.6 Å². The monoisotopic (exact) mass is 541 g/mol. The lowest BCUT2D eigenvalue weighted by molar-refractivity contribution is -0.148. The van der Waals surface area contributed by atoms with E-state index in [0.29, 0.717) is 17.0 Å². The molecule has 0 aliphatic heterocycles. The van der Waals surface area contributed by atoms with Crippen molar-refractivity contribution < 1.29 is 28.7 Å². The minimum absolute atomic E-state index is 0.189. The average Bonchev–Trinajstić information content (AvgIpc) is 3.27. The van der Waals surface area contributed by atoms with Crippen LogP contribution < -0.4 is 10.6 Å². The summed E-state index contributed by atoms with van der Waals surface area (Å²) in [6, 6.07) is 17.3. The molecule has 0 unspecified atom stereocenters. The Morgan fingerprint density at radius 3 is 2.35 bits per heavy atom. The van der Waals surface area contributed by atoms with Gasteiger partial charge in [-0.2, -0.15) is 11.8 Å². The fourth-order valence-corrected chi connectivity index (χ4v) is 4.97. The Morgan fingerprint density at radius 2 is 1.68 bits per heavy atom. The van der Waals surface area contributed by atoms with E-state index in [1.54, 1.807) is 44.2 Å². The molecule has 3 rings (SSSR count). The first kappa shape index (κ1) is 27.9. The molecular formula is C26H27N3O6S2. The van der Waals surface area contributed by atoms with Gasteiger partial charge in [0.25, 0.3) is 11.8 Å². The third-order valence-electron chi connectivity index (χ3n) is 4.87. The van der Waals surface area contributed by atoms with Crippen molar-refractivity contribution in [3.8, 4) is 0 Å². The van der Waals surface area contributed by atoms with E-state index in [1.165, 1.54) is 11.8 Å². The SMILES string of the molecule is CCOC(=O)c1sc(NC(=O)COC(=O)[C@H](CSCc2ccccc2)NC(=O)c2ccccc2)nc1C. The molecule has 1 atom stereocenters. The van der Waals surface area contributed by atoms with Crippen molar-refractivity contribution in [3.05, 3.63) is 82.4 Å². The van der Waals surface area contributed by atoms with Gasteiger partial charge in [0, 0.05) is 17.1 Å². The maximum Gasteiger partial charge on any atom is 0.350 e. The number of hydrogen-bond acceptors (Lipinski definition) is 9. The summed E-state index contributed by atoms with van der Waals surface area (Å²) in [4.78, 5) is 54.2. The third-order valence-corrected chi connectivity index (χ3v) is 7.03. The number of aryl methyl sites for hydroxylation is 1. The summed E-state index contributed by atoms with van der Waals surface area (Å²) in [6.45, 7) is 2.97. The van der Waals surface area contributed by atoms with Gasteiger partial charge >= 0.3 is 11.9 Å². The largest absolute Gasteiger partial charge is 0.462 e. The highest BCUT2D eigenvalue weighted by Gasteiger charge is 2.24. The number of thiazole rings is 1. The predicted molar refractivity (Wildman–Crippen MR) is 143 cm³/mol. The molecule has 1 heterocycles. The summed E-state index contributed by atoms with van der Waals surface area (Å²) in [5.74, 6) is -1.40. The van der Waals surface area contributed by atoms with Gasteiger partial charge in [-0.15, -0.1) is 0 Å². The number of carbonyl (C=O) groups excluding carboxylic acids is 4. The third kappa shape index (κ3) is 8.72. The molecule has 3 aromatic rings. The first-order valence-corrected chi connectivity index (χ1v) is 13.4. The Labute approximate surface area is 223 Å². The summed E-state index contributed by atoms with van der Waals surface area (Å²) >= 11 is 2.43. The molecule has 2 aromatic carbocycles. The molecule has 0 aliphatic carbocycles. The fraction of sp³-hybridized carbons (Fsp3) is 0.269. The molecule has 11 heteroatoms. The lowest BCUT2D eigenvalue weighted by Gasteiger charge is -2.17. The molecule has 0 fully saturated rings. The zero-order valence-electron chi connectivity index (χ0n) is 20.4. The van der Waals surface area contributed by atoms with Crippen LogP contribution >= 0.6 is 23.1 Å². The van der Waals surface area contributed by atoms with Crippen molar-refractivity contribution in [2.45, 2.75) is 25.6 Å². The smallest absolute Gasteiger partial charge is 0.350 e. The number of carbonyl (C=O) groups is 4. The van der Waals surface area contributed by atoms with E-state index in [4.69, 9.17) is 9.47 Å². The standard InChI is InChI=1S/C26H27N3O6S2/c1-3-34-25(33)22-17(2)27-26(37-22)29-21(30)14-35-24(32)20(16-36-15-18-10-6-4-7-11-18)28-23(31)19-12-8-5-9-13-19/h4-13,20H,3,14-16H2,1-2H3,(H,28,31)(H,27,29,30)/t20-/m0/s1. The van der Waals surface area contributed by atoms with Crippen LogP contribution in [0.1, 0.15) is 38.2 Å². The fourth-order valence-electron chi connectivity index (χ4n) is 3.10. The van der Waals surface area contributed by atoms with Crippen molar-refractivity contribution in [2.75, 3.05) is 24.3 Å². The van der Waals surface area contributed by atoms with Gasteiger partial charge in [0.15, 0.2) is 11.7 Å². The van der Waals surface area contributed by atoms with Crippen LogP contribution in [0.3, 0.4) is 0 Å². The van der Waals surface area contributed by atoms with Crippen LogP contribution in [0.4, 0.5) is 5.13 Å². The van der Waals surface area contributed by atoms with E-state index in [2.05, 4.69) is 15.6 Å². The molecule has 0 aliphatic rings. The molecule has 0 radical (unpaired) electrons. The molecule has 0 bridgehead atoms. The van der Waals surface area contributed by atoms with Crippen molar-refractivity contribution in [2.24, 2.45) is 0 Å². The number of nitrogens with zero attached hydrogens (tertiary/aromatic N) is 1. The number of aromatic nitrogens is 1. The average molecular weight is 542 g/mol. The van der Waals surface area contributed by atoms with Gasteiger partial charge in [0.2, 0.25) is 0 Å². The highest BCUT2D eigenvalue weighted by Crippen LogP contribution is 2.23. The van der Waals surface area contributed by atoms with Crippen LogP contribution in [0, 0.1) is 6.92 Å². The minimum Gasteiger partial charge on any atom is -0.462 e. The van der Waals surface area contributed by atoms with Crippen LogP contribution in [0.2, 0.25) is 0 Å². The predicted octanol–water partition coefficient (Wildman–Crippen LogP) is 3.84. The number of esters is 2. The van der Waals surface area contributed by atoms with Crippen LogP contribution in [0.25, 0.3) is 0 Å². The van der Waals surface area contributed by atoms with E-state index in [0.717, 1.165) is 16.9 Å². The molecule has 37 heavy (non-hydrogen) atoms. The number of rotatable bonds is 12. The number of nitrogens with one attached hydrogen (secondary N) is 2. The first-order valence-electron chi connectivity index (χ1n) is 11.5. The van der Waals surface area contributed by atoms with Gasteiger partial charge in [0.1, 0.15) is 10.9 Å². The minimum atomic E-state index is -0.966. The number of anilines is 1. The molecule has 0 saturated carbocycles. The van der Waals surface area contributed by atoms with Gasteiger partial charge in [-0.05, 0) is 31.5 Å². The second kappa shape index (κ2) is 14.1. The van der Waals surface area contributed by atoms with Gasteiger partial charge < -0.3 is 14.8 Å². The zero-order valence-corrected chi connectivity index (χ0v) is 22.0. The first-order chi connectivity index (χ1) is 17.9. The topological polar surface area (TPSA) is 124 Å². The van der Waals surface area contributed by atoms with Crippen molar-refractivity contribution in [1.82, 2.24) is 10.3 Å². The highest BCUT2D eigenvalue weighted by molar-refractivity contribution is 7.98. The molecule has 1 aromatic heterocycles. The van der Waals surface area contributed by atoms with E-state index in [9.17, 15) is 19.2 Å². The highest BCUT2D eigenvalue weighted by atomic mass is 32.2. The molecule has 194 valence electrons. The lowest BCUT2D eigenvalue weighted by Crippen LogP contribution is -2.44. The lowest BCUT2D eigenvalue weighted by atomic mass is 10.2. The quantitative estimate of drug-likeness (QED) is 0.332. The van der Waals surface area contributed by atoms with Crippen LogP contribution in [-0.4, -0.2) is 53.7 Å². The number of thioether (sulfide) groups is 1. The molecule has 0 spiro atoms. The Hall–Kier alpha value is -3.70. The molecule has 0 saturated heterocycles. The second-order valence-corrected chi connectivity index (χ2v) is 9.73.